The van der Waals surface area contributed by atoms with Crippen molar-refractivity contribution in [3.8, 4) is 26.9 Å². The van der Waals surface area contributed by atoms with Gasteiger partial charge in [-0.1, -0.05) is 30.7 Å². The van der Waals surface area contributed by atoms with E-state index in [4.69, 9.17) is 16.3 Å². The molecule has 0 amide bonds. The molecule has 0 unspecified atom stereocenters. The number of ether oxygens (including phenoxy) is 1. The number of carboxylic acids is 1. The zero-order chi connectivity index (χ0) is 21.5. The number of halogens is 1. The minimum atomic E-state index is -0.754. The van der Waals surface area contributed by atoms with Crippen molar-refractivity contribution in [1.29, 1.82) is 0 Å². The highest BCUT2D eigenvalue weighted by molar-refractivity contribution is 7.18. The van der Waals surface area contributed by atoms with Crippen molar-refractivity contribution in [3.05, 3.63) is 52.8 Å². The number of hydrogen-bond donors (Lipinski definition) is 1. The highest BCUT2D eigenvalue weighted by Crippen LogP contribution is 2.43. The van der Waals surface area contributed by atoms with Gasteiger partial charge in [0.05, 0.1) is 17.4 Å². The van der Waals surface area contributed by atoms with Crippen LogP contribution in [0.15, 0.2) is 36.7 Å². The zero-order valence-electron chi connectivity index (χ0n) is 17.1. The first-order chi connectivity index (χ1) is 14.2. The van der Waals surface area contributed by atoms with Crippen molar-refractivity contribution in [2.45, 2.75) is 51.6 Å². The second kappa shape index (κ2) is 8.00. The topological polar surface area (TPSA) is 72.3 Å². The molecule has 1 aliphatic rings. The van der Waals surface area contributed by atoms with Gasteiger partial charge in [-0.15, -0.1) is 11.3 Å². The van der Waals surface area contributed by atoms with Gasteiger partial charge in [0.15, 0.2) is 0 Å². The van der Waals surface area contributed by atoms with Crippen molar-refractivity contribution < 1.29 is 14.6 Å². The van der Waals surface area contributed by atoms with Crippen molar-refractivity contribution in [2.24, 2.45) is 0 Å². The first-order valence-corrected chi connectivity index (χ1v) is 11.1. The van der Waals surface area contributed by atoms with Crippen LogP contribution in [-0.4, -0.2) is 27.1 Å². The summed E-state index contributed by atoms with van der Waals surface area (Å²) in [6, 6.07) is 8.11. The third-order valence-corrected chi connectivity index (χ3v) is 6.80. The van der Waals surface area contributed by atoms with E-state index in [0.29, 0.717) is 10.9 Å². The molecule has 156 valence electrons. The number of carbonyl (C=O) groups is 1. The molecule has 0 saturated heterocycles. The van der Waals surface area contributed by atoms with E-state index in [1.807, 2.05) is 39.1 Å². The van der Waals surface area contributed by atoms with E-state index < -0.39 is 5.97 Å². The molecule has 4 rings (SSSR count). The molecule has 7 heteroatoms. The molecule has 2 aromatic heterocycles. The van der Waals surface area contributed by atoms with Crippen molar-refractivity contribution in [2.75, 3.05) is 0 Å². The number of thiazole rings is 1. The van der Waals surface area contributed by atoms with Gasteiger partial charge in [-0.3, -0.25) is 4.79 Å². The highest BCUT2D eigenvalue weighted by atomic mass is 35.5. The molecule has 1 atom stereocenters. The molecule has 0 radical (unpaired) electrons. The SMILES string of the molecule is CC(C)Oc1ncc(-c2cnc(-c3ccc4c(c3)CC[C@]4(C)CC(=O)O)s2)cc1Cl. The Bertz CT molecular complexity index is 1110. The number of aliphatic carboxylic acids is 1. The Balaban J connectivity index is 1.60. The quantitative estimate of drug-likeness (QED) is 0.507. The first-order valence-electron chi connectivity index (χ1n) is 9.89. The van der Waals surface area contributed by atoms with Crippen LogP contribution in [0.1, 0.15) is 44.7 Å². The van der Waals surface area contributed by atoms with E-state index in [9.17, 15) is 9.90 Å². The van der Waals surface area contributed by atoms with Gasteiger partial charge in [0.1, 0.15) is 10.0 Å². The molecule has 5 nitrogen and oxygen atoms in total. The van der Waals surface area contributed by atoms with Crippen molar-refractivity contribution in [1.82, 2.24) is 9.97 Å². The van der Waals surface area contributed by atoms with E-state index in [1.54, 1.807) is 17.5 Å². The summed E-state index contributed by atoms with van der Waals surface area (Å²) in [6.45, 7) is 5.90. The molecule has 1 N–H and O–H groups in total. The minimum absolute atomic E-state index is 0.00743. The van der Waals surface area contributed by atoms with Crippen LogP contribution in [0.25, 0.3) is 21.0 Å². The highest BCUT2D eigenvalue weighted by Gasteiger charge is 2.36. The number of carboxylic acid groups (broad SMARTS) is 1. The summed E-state index contributed by atoms with van der Waals surface area (Å²) in [4.78, 5) is 21.2. The van der Waals surface area contributed by atoms with Crippen LogP contribution in [0, 0.1) is 0 Å². The molecule has 0 aliphatic heterocycles. The van der Waals surface area contributed by atoms with Crippen molar-refractivity contribution >= 4 is 28.9 Å². The van der Waals surface area contributed by atoms with Gasteiger partial charge in [-0.25, -0.2) is 9.97 Å². The molecule has 0 bridgehead atoms. The number of rotatable bonds is 6. The lowest BCUT2D eigenvalue weighted by Gasteiger charge is -2.23. The lowest BCUT2D eigenvalue weighted by atomic mass is 9.81. The molecular formula is C23H23ClN2O3S. The number of aryl methyl sites for hydroxylation is 1. The van der Waals surface area contributed by atoms with Crippen LogP contribution in [0.4, 0.5) is 0 Å². The van der Waals surface area contributed by atoms with Crippen LogP contribution in [0.3, 0.4) is 0 Å². The largest absolute Gasteiger partial charge is 0.481 e. The molecule has 30 heavy (non-hydrogen) atoms. The molecule has 0 fully saturated rings. The first kappa shape index (κ1) is 20.8. The van der Waals surface area contributed by atoms with Crippen LogP contribution in [-0.2, 0) is 16.6 Å². The second-order valence-corrected chi connectivity index (χ2v) is 9.65. The summed E-state index contributed by atoms with van der Waals surface area (Å²) in [5.41, 5.74) is 4.00. The number of hydrogen-bond acceptors (Lipinski definition) is 5. The van der Waals surface area contributed by atoms with E-state index in [-0.39, 0.29) is 17.9 Å². The Morgan fingerprint density at radius 2 is 2.07 bits per heavy atom. The lowest BCUT2D eigenvalue weighted by Crippen LogP contribution is -2.22. The fourth-order valence-corrected chi connectivity index (χ4v) is 5.10. The maximum absolute atomic E-state index is 11.3. The van der Waals surface area contributed by atoms with Gasteiger partial charge in [0.25, 0.3) is 0 Å². The molecular weight excluding hydrogens is 420 g/mol. The Morgan fingerprint density at radius 3 is 2.77 bits per heavy atom. The summed E-state index contributed by atoms with van der Waals surface area (Å²) in [6.07, 6.45) is 5.50. The fourth-order valence-electron chi connectivity index (χ4n) is 4.00. The van der Waals surface area contributed by atoms with Crippen LogP contribution >= 0.6 is 22.9 Å². The van der Waals surface area contributed by atoms with E-state index in [2.05, 4.69) is 22.1 Å². The van der Waals surface area contributed by atoms with Crippen LogP contribution < -0.4 is 4.74 Å². The smallest absolute Gasteiger partial charge is 0.304 e. The summed E-state index contributed by atoms with van der Waals surface area (Å²) < 4.78 is 5.60. The predicted octanol–water partition coefficient (Wildman–Crippen LogP) is 5.99. The van der Waals surface area contributed by atoms with Gasteiger partial charge in [-0.2, -0.15) is 0 Å². The van der Waals surface area contributed by atoms with Gasteiger partial charge in [-0.05, 0) is 49.9 Å². The Hall–Kier alpha value is -2.44. The number of aromatic nitrogens is 2. The molecule has 3 aromatic rings. The fraction of sp³-hybridized carbons (Fsp3) is 0.348. The average molecular weight is 443 g/mol. The molecule has 0 spiro atoms. The standard InChI is InChI=1S/C23H23ClN2O3S/c1-13(2)29-21-18(24)9-16(11-25-21)19-12-26-22(30-19)15-4-5-17-14(8-15)6-7-23(17,3)10-20(27)28/h4-5,8-9,11-13H,6-7,10H2,1-3H3,(H,27,28)/t23-/m1/s1. The van der Waals surface area contributed by atoms with Gasteiger partial charge in [0.2, 0.25) is 5.88 Å². The molecule has 2 heterocycles. The van der Waals surface area contributed by atoms with Gasteiger partial charge in [0, 0.05) is 28.9 Å². The monoisotopic (exact) mass is 442 g/mol. The Morgan fingerprint density at radius 1 is 1.27 bits per heavy atom. The van der Waals surface area contributed by atoms with E-state index >= 15 is 0 Å². The van der Waals surface area contributed by atoms with Crippen LogP contribution in [0.5, 0.6) is 5.88 Å². The minimum Gasteiger partial charge on any atom is -0.481 e. The third-order valence-electron chi connectivity index (χ3n) is 5.43. The summed E-state index contributed by atoms with van der Waals surface area (Å²) in [5.74, 6) is -0.320. The lowest BCUT2D eigenvalue weighted by molar-refractivity contribution is -0.138. The number of nitrogens with zero attached hydrogens (tertiary/aromatic N) is 2. The van der Waals surface area contributed by atoms with E-state index in [0.717, 1.165) is 39.4 Å². The molecule has 1 aromatic carbocycles. The Kier molecular flexibility index (Phi) is 5.55. The molecule has 1 aliphatic carbocycles. The Labute approximate surface area is 184 Å². The number of benzene rings is 1. The summed E-state index contributed by atoms with van der Waals surface area (Å²) in [7, 11) is 0. The number of pyridine rings is 1. The van der Waals surface area contributed by atoms with Crippen molar-refractivity contribution in [3.63, 3.8) is 0 Å². The zero-order valence-corrected chi connectivity index (χ0v) is 18.7. The summed E-state index contributed by atoms with van der Waals surface area (Å²) >= 11 is 7.91. The van der Waals surface area contributed by atoms with Gasteiger partial charge < -0.3 is 9.84 Å². The molecule has 0 saturated carbocycles. The predicted molar refractivity (Wildman–Crippen MR) is 119 cm³/mol. The third kappa shape index (κ3) is 4.07. The van der Waals surface area contributed by atoms with E-state index in [1.165, 1.54) is 5.56 Å². The normalized spacial score (nSPS) is 17.9. The maximum Gasteiger partial charge on any atom is 0.304 e. The second-order valence-electron chi connectivity index (χ2n) is 8.21. The van der Waals surface area contributed by atoms with Gasteiger partial charge >= 0.3 is 5.97 Å². The maximum atomic E-state index is 11.3. The summed E-state index contributed by atoms with van der Waals surface area (Å²) in [5, 5.41) is 10.7. The number of fused-ring (bicyclic) bond motifs is 1. The van der Waals surface area contributed by atoms with Crippen LogP contribution in [0.2, 0.25) is 5.02 Å². The average Bonchev–Trinajstić information content (AvgIpc) is 3.28.